The molecule has 1 aliphatic carbocycles. The molecule has 44 heavy (non-hydrogen) atoms. The molecule has 4 aromatic heterocycles. The van der Waals surface area contributed by atoms with Crippen molar-refractivity contribution in [3.05, 3.63) is 191 Å². The van der Waals surface area contributed by atoms with E-state index in [2.05, 4.69) is 117 Å². The first-order chi connectivity index (χ1) is 21.8. The van der Waals surface area contributed by atoms with Gasteiger partial charge in [-0.05, 0) is 117 Å². The smallest absolute Gasteiger partial charge is 0.0273 e. The molecule has 7 rings (SSSR count). The molecule has 0 N–H and O–H groups in total. The van der Waals surface area contributed by atoms with Crippen LogP contribution in [0, 0.1) is 0 Å². The minimum Gasteiger partial charge on any atom is -0.265 e. The van der Waals surface area contributed by atoms with E-state index in [0.717, 1.165) is 11.1 Å². The van der Waals surface area contributed by atoms with Gasteiger partial charge < -0.3 is 0 Å². The molecule has 0 spiro atoms. The molecule has 0 amide bonds. The highest BCUT2D eigenvalue weighted by atomic mass is 14.6. The average molecular weight is 569 g/mol. The Morgan fingerprint density at radius 3 is 0.795 bits per heavy atom. The molecule has 0 atom stereocenters. The summed E-state index contributed by atoms with van der Waals surface area (Å²) in [5.74, 6) is 1.25. The quantitative estimate of drug-likeness (QED) is 0.184. The van der Waals surface area contributed by atoms with E-state index in [1.807, 2.05) is 73.8 Å². The molecule has 4 heterocycles. The number of aromatic nitrogens is 4. The summed E-state index contributed by atoms with van der Waals surface area (Å²) in [7, 11) is 0. The number of hydrogen-bond donors (Lipinski definition) is 0. The first-order valence-corrected chi connectivity index (χ1v) is 15.0. The number of hydrogen-bond acceptors (Lipinski definition) is 4. The van der Waals surface area contributed by atoms with Gasteiger partial charge in [0.15, 0.2) is 0 Å². The lowest BCUT2D eigenvalue weighted by Crippen LogP contribution is -2.40. The van der Waals surface area contributed by atoms with Crippen molar-refractivity contribution >= 4 is 24.3 Å². The minimum atomic E-state index is 0.313. The van der Waals surface area contributed by atoms with Gasteiger partial charge in [0.1, 0.15) is 0 Å². The van der Waals surface area contributed by atoms with Crippen LogP contribution in [0.15, 0.2) is 147 Å². The number of benzene rings is 2. The summed E-state index contributed by atoms with van der Waals surface area (Å²) in [4.78, 5) is 16.9. The van der Waals surface area contributed by atoms with E-state index in [9.17, 15) is 0 Å². The van der Waals surface area contributed by atoms with Crippen LogP contribution >= 0.6 is 0 Å². The van der Waals surface area contributed by atoms with Crippen LogP contribution in [0.2, 0.25) is 0 Å². The van der Waals surface area contributed by atoms with Gasteiger partial charge in [-0.3, -0.25) is 19.9 Å². The molecular formula is C40H32N4. The van der Waals surface area contributed by atoms with Crippen molar-refractivity contribution in [2.75, 3.05) is 0 Å². The zero-order valence-corrected chi connectivity index (χ0v) is 24.3. The summed E-state index contributed by atoms with van der Waals surface area (Å²) in [5, 5.41) is 0. The van der Waals surface area contributed by atoms with Crippen LogP contribution in [-0.2, 0) is 0 Å². The van der Waals surface area contributed by atoms with Gasteiger partial charge in [-0.1, -0.05) is 72.8 Å². The zero-order valence-electron chi connectivity index (χ0n) is 24.3. The van der Waals surface area contributed by atoms with Crippen molar-refractivity contribution in [3.8, 4) is 0 Å². The lowest BCUT2D eigenvalue weighted by atomic mass is 9.49. The number of nitrogens with zero attached hydrogens (tertiary/aromatic N) is 4. The lowest BCUT2D eigenvalue weighted by molar-refractivity contribution is 0.228. The Kier molecular flexibility index (Phi) is 7.96. The highest BCUT2D eigenvalue weighted by molar-refractivity contribution is 5.70. The van der Waals surface area contributed by atoms with Crippen LogP contribution in [0.4, 0.5) is 0 Å². The van der Waals surface area contributed by atoms with E-state index in [1.165, 1.54) is 33.4 Å². The molecule has 0 radical (unpaired) electrons. The Labute approximate surface area is 258 Å². The maximum absolute atomic E-state index is 4.34. The summed E-state index contributed by atoms with van der Waals surface area (Å²) >= 11 is 0. The largest absolute Gasteiger partial charge is 0.265 e. The van der Waals surface area contributed by atoms with Gasteiger partial charge in [-0.25, -0.2) is 0 Å². The molecule has 4 nitrogen and oxygen atoms in total. The molecule has 1 aliphatic rings. The first-order valence-electron chi connectivity index (χ1n) is 15.0. The van der Waals surface area contributed by atoms with Gasteiger partial charge in [0.2, 0.25) is 0 Å². The second-order valence-corrected chi connectivity index (χ2v) is 11.2. The third-order valence-corrected chi connectivity index (χ3v) is 8.72. The zero-order chi connectivity index (χ0) is 29.6. The standard InChI is InChI=1S/C40H32N4/c1(3-31-13-21-41-22-14-31)29-5-9-33(10-6-29)37-39(35-17-25-43-26-18-35)38(40(37)36-19-27-44-28-20-36)34-11-7-30(8-12-34)2-4-32-15-23-42-24-16-32/h1-28,37-40H/b3-1+,4-2+. The van der Waals surface area contributed by atoms with Gasteiger partial charge in [0, 0.05) is 49.6 Å². The van der Waals surface area contributed by atoms with Crippen LogP contribution in [0.5, 0.6) is 0 Å². The summed E-state index contributed by atoms with van der Waals surface area (Å²) < 4.78 is 0. The Hall–Kier alpha value is -5.48. The second kappa shape index (κ2) is 12.8. The molecule has 2 aromatic carbocycles. The van der Waals surface area contributed by atoms with E-state index in [1.54, 1.807) is 0 Å². The molecule has 1 saturated carbocycles. The predicted molar refractivity (Wildman–Crippen MR) is 179 cm³/mol. The van der Waals surface area contributed by atoms with Crippen LogP contribution in [0.1, 0.15) is 68.2 Å². The van der Waals surface area contributed by atoms with Crippen LogP contribution in [-0.4, -0.2) is 19.9 Å². The fraction of sp³-hybridized carbons (Fsp3) is 0.100. The third kappa shape index (κ3) is 5.88. The SMILES string of the molecule is C(=C\c1ccc(C2C(c3ccncc3)C(c3ccc(/C=C/c4ccncc4)cc3)C2c2ccncc2)cc1)/c1ccncc1. The maximum atomic E-state index is 4.34. The van der Waals surface area contributed by atoms with Crippen molar-refractivity contribution in [1.29, 1.82) is 0 Å². The highest BCUT2D eigenvalue weighted by Crippen LogP contribution is 2.66. The topological polar surface area (TPSA) is 51.6 Å². The van der Waals surface area contributed by atoms with Crippen molar-refractivity contribution < 1.29 is 0 Å². The van der Waals surface area contributed by atoms with E-state index >= 15 is 0 Å². The van der Waals surface area contributed by atoms with Crippen LogP contribution in [0.3, 0.4) is 0 Å². The Balaban J connectivity index is 1.23. The van der Waals surface area contributed by atoms with E-state index in [4.69, 9.17) is 0 Å². The number of rotatable bonds is 8. The summed E-state index contributed by atoms with van der Waals surface area (Å²) in [6.45, 7) is 0. The van der Waals surface area contributed by atoms with Crippen molar-refractivity contribution in [1.82, 2.24) is 19.9 Å². The first kappa shape index (κ1) is 27.4. The molecule has 1 fully saturated rings. The normalized spacial score (nSPS) is 19.6. The van der Waals surface area contributed by atoms with Gasteiger partial charge >= 0.3 is 0 Å². The van der Waals surface area contributed by atoms with E-state index in [-0.39, 0.29) is 0 Å². The molecule has 4 heteroatoms. The summed E-state index contributed by atoms with van der Waals surface area (Å²) in [5.41, 5.74) is 9.98. The maximum Gasteiger partial charge on any atom is 0.0273 e. The monoisotopic (exact) mass is 568 g/mol. The van der Waals surface area contributed by atoms with E-state index in [0.29, 0.717) is 23.7 Å². The summed E-state index contributed by atoms with van der Waals surface area (Å²) in [6.07, 6.45) is 23.5. The van der Waals surface area contributed by atoms with E-state index < -0.39 is 0 Å². The Morgan fingerprint density at radius 1 is 0.273 bits per heavy atom. The van der Waals surface area contributed by atoms with Gasteiger partial charge in [0.05, 0.1) is 0 Å². The Morgan fingerprint density at radius 2 is 0.500 bits per heavy atom. The molecule has 0 aliphatic heterocycles. The fourth-order valence-corrected chi connectivity index (χ4v) is 6.57. The average Bonchev–Trinajstić information content (AvgIpc) is 3.09. The molecular weight excluding hydrogens is 536 g/mol. The highest BCUT2D eigenvalue weighted by Gasteiger charge is 2.52. The van der Waals surface area contributed by atoms with Gasteiger partial charge in [0.25, 0.3) is 0 Å². The molecule has 0 unspecified atom stereocenters. The van der Waals surface area contributed by atoms with Crippen molar-refractivity contribution in [2.24, 2.45) is 0 Å². The Bertz CT molecular complexity index is 1690. The molecule has 0 bridgehead atoms. The van der Waals surface area contributed by atoms with Crippen LogP contribution in [0.25, 0.3) is 24.3 Å². The van der Waals surface area contributed by atoms with Crippen molar-refractivity contribution in [3.63, 3.8) is 0 Å². The van der Waals surface area contributed by atoms with Crippen LogP contribution < -0.4 is 0 Å². The predicted octanol–water partition coefficient (Wildman–Crippen LogP) is 9.06. The molecule has 212 valence electrons. The molecule has 6 aromatic rings. The number of pyridine rings is 4. The van der Waals surface area contributed by atoms with Crippen molar-refractivity contribution in [2.45, 2.75) is 23.7 Å². The van der Waals surface area contributed by atoms with Gasteiger partial charge in [-0.2, -0.15) is 0 Å². The third-order valence-electron chi connectivity index (χ3n) is 8.72. The fourth-order valence-electron chi connectivity index (χ4n) is 6.57. The molecule has 0 saturated heterocycles. The summed E-state index contributed by atoms with van der Waals surface area (Å²) in [6, 6.07) is 35.0. The second-order valence-electron chi connectivity index (χ2n) is 11.2. The lowest BCUT2D eigenvalue weighted by Gasteiger charge is -2.53. The van der Waals surface area contributed by atoms with Gasteiger partial charge in [-0.15, -0.1) is 0 Å². The minimum absolute atomic E-state index is 0.313.